The van der Waals surface area contributed by atoms with Crippen LogP contribution < -0.4 is 0 Å². The Kier molecular flexibility index (Phi) is 3.30. The first-order valence-corrected chi connectivity index (χ1v) is 9.25. The van der Waals surface area contributed by atoms with Crippen molar-refractivity contribution in [2.45, 2.75) is 77.4 Å². The summed E-state index contributed by atoms with van der Waals surface area (Å²) < 4.78 is 0. The SMILES string of the molecule is C[C@]12CCC(O)C[C@@H]1CC(=O)[C@@H]1[C@@H]2CC[C@]2(C)C(O)CC[C@@H]12. The Morgan fingerprint density at radius 3 is 2.41 bits per heavy atom. The summed E-state index contributed by atoms with van der Waals surface area (Å²) in [5.41, 5.74) is 0.195. The van der Waals surface area contributed by atoms with Crippen LogP contribution in [0, 0.1) is 34.5 Å². The van der Waals surface area contributed by atoms with Crippen molar-refractivity contribution in [3.05, 3.63) is 0 Å². The summed E-state index contributed by atoms with van der Waals surface area (Å²) in [6.07, 6.45) is 7.07. The second-order valence-electron chi connectivity index (χ2n) is 9.18. The van der Waals surface area contributed by atoms with Crippen LogP contribution in [0.4, 0.5) is 0 Å². The van der Waals surface area contributed by atoms with Gasteiger partial charge in [0.25, 0.3) is 0 Å². The molecule has 0 aliphatic heterocycles. The lowest BCUT2D eigenvalue weighted by molar-refractivity contribution is -0.162. The first-order valence-electron chi connectivity index (χ1n) is 9.25. The summed E-state index contributed by atoms with van der Waals surface area (Å²) in [5.74, 6) is 1.85. The molecule has 3 nitrogen and oxygen atoms in total. The molecular formula is C19H30O3. The standard InChI is InChI=1S/C19H30O3/c1-18-7-5-12(20)9-11(18)10-15(21)17-13-3-4-16(22)19(13,2)8-6-14(17)18/h11-14,16-17,20,22H,3-10H2,1-2H3/t11-,12?,13+,14+,16?,17+,18+,19+/m1/s1. The molecule has 0 aromatic carbocycles. The molecule has 0 radical (unpaired) electrons. The zero-order valence-electron chi connectivity index (χ0n) is 13.9. The quantitative estimate of drug-likeness (QED) is 0.723. The average Bonchev–Trinajstić information content (AvgIpc) is 2.77. The fourth-order valence-corrected chi connectivity index (χ4v) is 6.88. The maximum Gasteiger partial charge on any atom is 0.136 e. The highest BCUT2D eigenvalue weighted by molar-refractivity contribution is 5.83. The number of carbonyl (C=O) groups is 1. The number of hydrogen-bond acceptors (Lipinski definition) is 3. The number of fused-ring (bicyclic) bond motifs is 5. The van der Waals surface area contributed by atoms with Crippen molar-refractivity contribution >= 4 is 5.78 Å². The minimum atomic E-state index is -0.218. The fourth-order valence-electron chi connectivity index (χ4n) is 6.88. The molecule has 0 aromatic heterocycles. The van der Waals surface area contributed by atoms with E-state index in [2.05, 4.69) is 13.8 Å². The van der Waals surface area contributed by atoms with E-state index in [9.17, 15) is 15.0 Å². The lowest BCUT2D eigenvalue weighted by Crippen LogP contribution is -2.57. The maximum atomic E-state index is 13.0. The third-order valence-electron chi connectivity index (χ3n) is 8.39. The molecule has 0 saturated heterocycles. The summed E-state index contributed by atoms with van der Waals surface area (Å²) in [6, 6.07) is 0. The van der Waals surface area contributed by atoms with Gasteiger partial charge in [0.05, 0.1) is 12.2 Å². The highest BCUT2D eigenvalue weighted by Gasteiger charge is 2.62. The zero-order chi connectivity index (χ0) is 15.7. The predicted molar refractivity (Wildman–Crippen MR) is 84.1 cm³/mol. The molecule has 22 heavy (non-hydrogen) atoms. The molecule has 4 aliphatic rings. The van der Waals surface area contributed by atoms with Crippen LogP contribution in [-0.2, 0) is 4.79 Å². The monoisotopic (exact) mass is 306 g/mol. The van der Waals surface area contributed by atoms with Gasteiger partial charge in [0.15, 0.2) is 0 Å². The Bertz CT molecular complexity index is 489. The van der Waals surface area contributed by atoms with Crippen LogP contribution in [0.15, 0.2) is 0 Å². The van der Waals surface area contributed by atoms with Gasteiger partial charge in [-0.15, -0.1) is 0 Å². The van der Waals surface area contributed by atoms with Gasteiger partial charge < -0.3 is 10.2 Å². The fraction of sp³-hybridized carbons (Fsp3) is 0.947. The normalized spacial score (nSPS) is 57.9. The molecular weight excluding hydrogens is 276 g/mol. The first-order chi connectivity index (χ1) is 10.4. The van der Waals surface area contributed by atoms with Crippen LogP contribution in [0.1, 0.15) is 65.2 Å². The second-order valence-corrected chi connectivity index (χ2v) is 9.18. The molecule has 4 rings (SSSR count). The number of aliphatic hydroxyl groups is 2. The predicted octanol–water partition coefficient (Wildman–Crippen LogP) is 2.93. The van der Waals surface area contributed by atoms with Crippen LogP contribution in [0.25, 0.3) is 0 Å². The van der Waals surface area contributed by atoms with Crippen molar-refractivity contribution in [1.29, 1.82) is 0 Å². The number of hydrogen-bond donors (Lipinski definition) is 2. The van der Waals surface area contributed by atoms with Crippen LogP contribution in [-0.4, -0.2) is 28.2 Å². The maximum absolute atomic E-state index is 13.0. The first kappa shape index (κ1) is 15.1. The molecule has 0 aromatic rings. The molecule has 124 valence electrons. The number of aliphatic hydroxyl groups excluding tert-OH is 2. The summed E-state index contributed by atoms with van der Waals surface area (Å²) in [5, 5.41) is 20.5. The lowest BCUT2D eigenvalue weighted by Gasteiger charge is -2.59. The third-order valence-corrected chi connectivity index (χ3v) is 8.39. The van der Waals surface area contributed by atoms with Gasteiger partial charge in [0, 0.05) is 12.3 Å². The van der Waals surface area contributed by atoms with E-state index in [0.717, 1.165) is 44.9 Å². The van der Waals surface area contributed by atoms with E-state index in [0.29, 0.717) is 30.0 Å². The van der Waals surface area contributed by atoms with E-state index >= 15 is 0 Å². The number of carbonyl (C=O) groups excluding carboxylic acids is 1. The summed E-state index contributed by atoms with van der Waals surface area (Å²) in [4.78, 5) is 13.0. The molecule has 0 amide bonds. The van der Waals surface area contributed by atoms with Gasteiger partial charge in [-0.2, -0.15) is 0 Å². The van der Waals surface area contributed by atoms with Crippen LogP contribution in [0.2, 0.25) is 0 Å². The van der Waals surface area contributed by atoms with Crippen LogP contribution in [0.5, 0.6) is 0 Å². The van der Waals surface area contributed by atoms with E-state index in [1.54, 1.807) is 0 Å². The number of Topliss-reactive ketones (excluding diaryl/α,β-unsaturated/α-hetero) is 1. The van der Waals surface area contributed by atoms with Gasteiger partial charge >= 0.3 is 0 Å². The topological polar surface area (TPSA) is 57.5 Å². The van der Waals surface area contributed by atoms with Gasteiger partial charge in [-0.3, -0.25) is 4.79 Å². The highest BCUT2D eigenvalue weighted by Crippen LogP contribution is 2.65. The van der Waals surface area contributed by atoms with Crippen molar-refractivity contribution in [1.82, 2.24) is 0 Å². The Balaban J connectivity index is 1.69. The van der Waals surface area contributed by atoms with E-state index in [1.165, 1.54) is 0 Å². The lowest BCUT2D eigenvalue weighted by atomic mass is 9.45. The number of rotatable bonds is 0. The molecule has 2 N–H and O–H groups in total. The summed E-state index contributed by atoms with van der Waals surface area (Å²) >= 11 is 0. The zero-order valence-corrected chi connectivity index (χ0v) is 13.9. The van der Waals surface area contributed by atoms with E-state index < -0.39 is 0 Å². The molecule has 0 spiro atoms. The second kappa shape index (κ2) is 4.80. The Labute approximate surface area is 133 Å². The molecule has 2 unspecified atom stereocenters. The summed E-state index contributed by atoms with van der Waals surface area (Å²) in [6.45, 7) is 4.61. The highest BCUT2D eigenvalue weighted by atomic mass is 16.3. The minimum absolute atomic E-state index is 0.0335. The third kappa shape index (κ3) is 1.84. The van der Waals surface area contributed by atoms with Gasteiger partial charge in [0.1, 0.15) is 5.78 Å². The Morgan fingerprint density at radius 1 is 0.955 bits per heavy atom. The Hall–Kier alpha value is -0.410. The van der Waals surface area contributed by atoms with Gasteiger partial charge in [0.2, 0.25) is 0 Å². The van der Waals surface area contributed by atoms with Crippen molar-refractivity contribution in [2.75, 3.05) is 0 Å². The molecule has 0 heterocycles. The van der Waals surface area contributed by atoms with Gasteiger partial charge in [-0.1, -0.05) is 13.8 Å². The minimum Gasteiger partial charge on any atom is -0.393 e. The van der Waals surface area contributed by atoms with Crippen LogP contribution in [0.3, 0.4) is 0 Å². The molecule has 4 fully saturated rings. The van der Waals surface area contributed by atoms with Crippen molar-refractivity contribution in [3.8, 4) is 0 Å². The molecule has 3 heteroatoms. The molecule has 0 bridgehead atoms. The Morgan fingerprint density at radius 2 is 1.64 bits per heavy atom. The summed E-state index contributed by atoms with van der Waals surface area (Å²) in [7, 11) is 0. The van der Waals surface area contributed by atoms with E-state index in [1.807, 2.05) is 0 Å². The smallest absolute Gasteiger partial charge is 0.136 e. The molecule has 8 atom stereocenters. The van der Waals surface area contributed by atoms with Crippen molar-refractivity contribution in [2.24, 2.45) is 34.5 Å². The van der Waals surface area contributed by atoms with Crippen LogP contribution >= 0.6 is 0 Å². The van der Waals surface area contributed by atoms with E-state index in [-0.39, 0.29) is 29.0 Å². The largest absolute Gasteiger partial charge is 0.393 e. The van der Waals surface area contributed by atoms with Gasteiger partial charge in [-0.05, 0) is 73.5 Å². The molecule has 4 saturated carbocycles. The van der Waals surface area contributed by atoms with Crippen molar-refractivity contribution in [3.63, 3.8) is 0 Å². The number of ketones is 1. The van der Waals surface area contributed by atoms with Crippen molar-refractivity contribution < 1.29 is 15.0 Å². The molecule has 4 aliphatic carbocycles. The van der Waals surface area contributed by atoms with Gasteiger partial charge in [-0.25, -0.2) is 0 Å². The van der Waals surface area contributed by atoms with E-state index in [4.69, 9.17) is 0 Å². The average molecular weight is 306 g/mol.